The van der Waals surface area contributed by atoms with Gasteiger partial charge in [0.15, 0.2) is 0 Å². The summed E-state index contributed by atoms with van der Waals surface area (Å²) in [5.74, 6) is 0. The molecule has 0 radical (unpaired) electrons. The van der Waals surface area contributed by atoms with E-state index in [0.29, 0.717) is 88.1 Å². The predicted molar refractivity (Wildman–Crippen MR) is 164 cm³/mol. The Balaban J connectivity index is 2.08. The third-order valence-electron chi connectivity index (χ3n) is 7.92. The highest BCUT2D eigenvalue weighted by Gasteiger charge is 2.28. The van der Waals surface area contributed by atoms with Crippen molar-refractivity contribution < 1.29 is 0 Å². The van der Waals surface area contributed by atoms with Crippen molar-refractivity contribution in [1.29, 1.82) is 10.5 Å². The van der Waals surface area contributed by atoms with E-state index in [4.69, 9.17) is 0 Å². The summed E-state index contributed by atoms with van der Waals surface area (Å²) in [6.07, 6.45) is 10.5. The van der Waals surface area contributed by atoms with Gasteiger partial charge in [0.2, 0.25) is 0 Å². The van der Waals surface area contributed by atoms with Gasteiger partial charge in [0.25, 0.3) is 11.1 Å². The smallest absolute Gasteiger partial charge is 0.263 e. The van der Waals surface area contributed by atoms with E-state index in [2.05, 4.69) is 25.3 Å². The molecular formula is C34H24N4O2. The first-order valence-electron chi connectivity index (χ1n) is 12.9. The minimum absolute atomic E-state index is 0.269. The van der Waals surface area contributed by atoms with Crippen molar-refractivity contribution in [2.75, 3.05) is 0 Å². The van der Waals surface area contributed by atoms with Gasteiger partial charge in [0, 0.05) is 32.7 Å². The summed E-state index contributed by atoms with van der Waals surface area (Å²) < 4.78 is 3.19. The summed E-state index contributed by atoms with van der Waals surface area (Å²) in [6.45, 7) is 15.3. The molecule has 0 aliphatic carbocycles. The van der Waals surface area contributed by atoms with Crippen molar-refractivity contribution in [2.45, 2.75) is 27.7 Å². The maximum Gasteiger partial charge on any atom is 0.263 e. The molecule has 0 saturated carbocycles. The molecule has 6 heteroatoms. The Morgan fingerprint density at radius 2 is 1.07 bits per heavy atom. The van der Waals surface area contributed by atoms with Crippen LogP contribution in [0.1, 0.15) is 58.6 Å². The predicted octanol–water partition coefficient (Wildman–Crippen LogP) is 6.96. The molecule has 4 heterocycles. The van der Waals surface area contributed by atoms with Crippen LogP contribution in [0.5, 0.6) is 0 Å². The van der Waals surface area contributed by atoms with Gasteiger partial charge < -0.3 is 0 Å². The fourth-order valence-corrected chi connectivity index (χ4v) is 6.49. The molecule has 0 bridgehead atoms. The van der Waals surface area contributed by atoms with Crippen molar-refractivity contribution >= 4 is 67.7 Å². The zero-order chi connectivity index (χ0) is 28.6. The molecule has 6 nitrogen and oxygen atoms in total. The molecule has 0 aliphatic rings. The summed E-state index contributed by atoms with van der Waals surface area (Å²) in [5, 5.41) is 24.1. The van der Waals surface area contributed by atoms with Crippen molar-refractivity contribution in [3.63, 3.8) is 0 Å². The molecule has 0 N–H and O–H groups in total. The fraction of sp³-hybridized carbons (Fsp3) is 0.118. The Labute approximate surface area is 229 Å². The van der Waals surface area contributed by atoms with Crippen molar-refractivity contribution in [1.82, 2.24) is 8.80 Å². The lowest BCUT2D eigenvalue weighted by Gasteiger charge is -2.17. The molecular weight excluding hydrogens is 496 g/mol. The maximum absolute atomic E-state index is 14.3. The first kappa shape index (κ1) is 24.9. The van der Waals surface area contributed by atoms with Crippen LogP contribution < -0.4 is 11.1 Å². The zero-order valence-corrected chi connectivity index (χ0v) is 22.6. The SMILES string of the molecule is C=Cc1c(C#N)c2c3cc(C)c4c(=O)n5c(/C=C\C)c(C=C)c(C#N)c5c5cc(C)c(c(=O)n2c1/C=C\C)c3c45. The number of nitrogens with zero attached hydrogens (tertiary/aromatic N) is 4. The number of hydrogen-bond donors (Lipinski definition) is 0. The number of allylic oxidation sites excluding steroid dienone is 2. The molecule has 0 amide bonds. The van der Waals surface area contributed by atoms with E-state index in [1.165, 1.54) is 0 Å². The number of aromatic nitrogens is 2. The third-order valence-corrected chi connectivity index (χ3v) is 7.92. The summed E-state index contributed by atoms with van der Waals surface area (Å²) in [5.41, 5.74) is 4.93. The van der Waals surface area contributed by atoms with Gasteiger partial charge in [-0.2, -0.15) is 10.5 Å². The molecule has 0 unspecified atom stereocenters. The average molecular weight is 521 g/mol. The highest BCUT2D eigenvalue weighted by molar-refractivity contribution is 6.30. The second-order valence-electron chi connectivity index (χ2n) is 9.94. The van der Waals surface area contributed by atoms with Gasteiger partial charge in [-0.1, -0.05) is 37.5 Å². The summed E-state index contributed by atoms with van der Waals surface area (Å²) in [6, 6.07) is 8.41. The quantitative estimate of drug-likeness (QED) is 0.235. The Morgan fingerprint density at radius 1 is 0.700 bits per heavy atom. The number of benzene rings is 2. The third kappa shape index (κ3) is 2.75. The number of fused-ring (bicyclic) bond motifs is 4. The number of pyridine rings is 2. The molecule has 6 rings (SSSR count). The monoisotopic (exact) mass is 520 g/mol. The zero-order valence-electron chi connectivity index (χ0n) is 22.6. The molecule has 0 atom stereocenters. The Bertz CT molecular complexity index is 2230. The molecule has 4 aromatic heterocycles. The summed E-state index contributed by atoms with van der Waals surface area (Å²) >= 11 is 0. The van der Waals surface area contributed by atoms with Gasteiger partial charge >= 0.3 is 0 Å². The van der Waals surface area contributed by atoms with E-state index < -0.39 is 0 Å². The molecule has 2 aromatic carbocycles. The molecule has 0 fully saturated rings. The largest absolute Gasteiger partial charge is 0.274 e. The Hall–Kier alpha value is -5.46. The van der Waals surface area contributed by atoms with Crippen LogP contribution in [0.15, 0.2) is 47.0 Å². The van der Waals surface area contributed by atoms with Gasteiger partial charge in [-0.25, -0.2) is 0 Å². The number of nitriles is 2. The number of hydrogen-bond acceptors (Lipinski definition) is 4. The van der Waals surface area contributed by atoms with Crippen LogP contribution >= 0.6 is 0 Å². The lowest BCUT2D eigenvalue weighted by molar-refractivity contribution is 1.12. The average Bonchev–Trinajstić information content (AvgIpc) is 3.43. The molecule has 0 aliphatic heterocycles. The van der Waals surface area contributed by atoms with Crippen LogP contribution in [-0.4, -0.2) is 8.80 Å². The number of aryl methyl sites for hydroxylation is 2. The van der Waals surface area contributed by atoms with E-state index in [9.17, 15) is 20.1 Å². The minimum Gasteiger partial charge on any atom is -0.274 e. The Kier molecular flexibility index (Phi) is 5.30. The van der Waals surface area contributed by atoms with Gasteiger partial charge in [0.05, 0.1) is 44.3 Å². The second kappa shape index (κ2) is 8.53. The van der Waals surface area contributed by atoms with Gasteiger partial charge in [-0.15, -0.1) is 0 Å². The molecule has 6 aromatic rings. The van der Waals surface area contributed by atoms with Gasteiger partial charge in [0.1, 0.15) is 12.1 Å². The summed E-state index contributed by atoms with van der Waals surface area (Å²) in [7, 11) is 0. The van der Waals surface area contributed by atoms with Crippen LogP contribution in [0.4, 0.5) is 0 Å². The first-order valence-corrected chi connectivity index (χ1v) is 12.9. The molecule has 40 heavy (non-hydrogen) atoms. The molecule has 0 spiro atoms. The number of rotatable bonds is 4. The van der Waals surface area contributed by atoms with E-state index in [-0.39, 0.29) is 11.1 Å². The standard InChI is InChI=1S/C34H24N4O2/c1-7-11-25-19(9-3)23(15-35)31-21-13-18(6)28-30-22(14-17(5)27(29(21)30)33(39)37(25)31)32-24(16-36)20(10-4)26(12-8-2)38(32)34(28)40/h7-14H,3-4H2,1-2,5-6H3/b11-7-,12-8-. The van der Waals surface area contributed by atoms with Crippen LogP contribution in [0.25, 0.3) is 67.7 Å². The Morgan fingerprint density at radius 3 is 1.38 bits per heavy atom. The first-order chi connectivity index (χ1) is 19.3. The highest BCUT2D eigenvalue weighted by atomic mass is 16.1. The van der Waals surface area contributed by atoms with Crippen LogP contribution in [-0.2, 0) is 0 Å². The highest BCUT2D eigenvalue weighted by Crippen LogP contribution is 2.42. The van der Waals surface area contributed by atoms with E-state index in [1.807, 2.05) is 64.1 Å². The van der Waals surface area contributed by atoms with Gasteiger partial charge in [-0.3, -0.25) is 18.4 Å². The second-order valence-corrected chi connectivity index (χ2v) is 9.94. The fourth-order valence-electron chi connectivity index (χ4n) is 6.49. The van der Waals surface area contributed by atoms with Crippen molar-refractivity contribution in [3.8, 4) is 12.1 Å². The lowest BCUT2D eigenvalue weighted by Crippen LogP contribution is -2.19. The maximum atomic E-state index is 14.3. The molecule has 0 saturated heterocycles. The molecule has 192 valence electrons. The lowest BCUT2D eigenvalue weighted by atomic mass is 9.89. The topological polar surface area (TPSA) is 90.5 Å². The normalized spacial score (nSPS) is 12.2. The minimum atomic E-state index is -0.269. The van der Waals surface area contributed by atoms with Crippen LogP contribution in [0.2, 0.25) is 0 Å². The van der Waals surface area contributed by atoms with Crippen molar-refractivity contribution in [3.05, 3.63) is 103 Å². The van der Waals surface area contributed by atoms with Crippen LogP contribution in [0.3, 0.4) is 0 Å². The van der Waals surface area contributed by atoms with Gasteiger partial charge in [-0.05, 0) is 63.1 Å². The van der Waals surface area contributed by atoms with E-state index >= 15 is 0 Å². The van der Waals surface area contributed by atoms with E-state index in [1.54, 1.807) is 21.0 Å². The summed E-state index contributed by atoms with van der Waals surface area (Å²) in [4.78, 5) is 28.6. The van der Waals surface area contributed by atoms with Crippen LogP contribution in [0, 0.1) is 36.5 Å². The van der Waals surface area contributed by atoms with E-state index in [0.717, 1.165) is 0 Å². The van der Waals surface area contributed by atoms with Crippen molar-refractivity contribution in [2.24, 2.45) is 0 Å².